The summed E-state index contributed by atoms with van der Waals surface area (Å²) in [5.74, 6) is -1.48. The van der Waals surface area contributed by atoms with Gasteiger partial charge < -0.3 is 16.4 Å². The number of hydrogen-bond donors (Lipinski definition) is 3. The highest BCUT2D eigenvalue weighted by molar-refractivity contribution is 5.97. The van der Waals surface area contributed by atoms with Gasteiger partial charge in [-0.2, -0.15) is 13.2 Å². The van der Waals surface area contributed by atoms with Crippen LogP contribution in [0.1, 0.15) is 22.8 Å². The Balaban J connectivity index is 0.00000441. The number of benzene rings is 1. The molecule has 9 heteroatoms. The first kappa shape index (κ1) is 20.2. The summed E-state index contributed by atoms with van der Waals surface area (Å²) in [4.78, 5) is 23.2. The van der Waals surface area contributed by atoms with Crippen molar-refractivity contribution in [1.82, 2.24) is 10.6 Å². The van der Waals surface area contributed by atoms with Crippen molar-refractivity contribution in [1.29, 1.82) is 0 Å². The highest BCUT2D eigenvalue weighted by Gasteiger charge is 2.34. The first-order valence-corrected chi connectivity index (χ1v) is 6.19. The van der Waals surface area contributed by atoms with Gasteiger partial charge in [0, 0.05) is 12.6 Å². The van der Waals surface area contributed by atoms with Crippen molar-refractivity contribution in [2.75, 3.05) is 13.1 Å². The third-order valence-corrected chi connectivity index (χ3v) is 2.65. The standard InChI is InChI=1S/C13H16F3N3O2.ClH/c1-8(6-17)19-11(20)7-18-12(21)9-4-2-3-5-10(9)13(14,15)16;/h2-5,8H,6-7,17H2,1H3,(H,18,21)(H,19,20);1H/t8-;/m0./s1. The number of hydrogen-bond acceptors (Lipinski definition) is 3. The van der Waals surface area contributed by atoms with E-state index in [1.165, 1.54) is 12.1 Å². The van der Waals surface area contributed by atoms with Crippen LogP contribution in [0.5, 0.6) is 0 Å². The molecular weight excluding hydrogens is 323 g/mol. The molecule has 0 unspecified atom stereocenters. The van der Waals surface area contributed by atoms with Crippen molar-refractivity contribution in [3.63, 3.8) is 0 Å². The molecule has 1 aromatic rings. The largest absolute Gasteiger partial charge is 0.417 e. The molecule has 0 saturated carbocycles. The van der Waals surface area contributed by atoms with Gasteiger partial charge in [0.25, 0.3) is 5.91 Å². The summed E-state index contributed by atoms with van der Waals surface area (Å²) in [6.45, 7) is 1.46. The molecular formula is C13H17ClF3N3O2. The summed E-state index contributed by atoms with van der Waals surface area (Å²) in [7, 11) is 0. The highest BCUT2D eigenvalue weighted by Crippen LogP contribution is 2.31. The zero-order valence-corrected chi connectivity index (χ0v) is 12.6. The van der Waals surface area contributed by atoms with Crippen LogP contribution in [0.25, 0.3) is 0 Å². The topological polar surface area (TPSA) is 84.2 Å². The predicted octanol–water partition coefficient (Wildman–Crippen LogP) is 1.32. The normalized spacial score (nSPS) is 12.0. The summed E-state index contributed by atoms with van der Waals surface area (Å²) >= 11 is 0. The maximum absolute atomic E-state index is 12.8. The molecule has 1 aromatic carbocycles. The van der Waals surface area contributed by atoms with Gasteiger partial charge in [-0.3, -0.25) is 9.59 Å². The van der Waals surface area contributed by atoms with Gasteiger partial charge in [0.05, 0.1) is 17.7 Å². The molecule has 0 aliphatic carbocycles. The van der Waals surface area contributed by atoms with E-state index in [1.54, 1.807) is 6.92 Å². The summed E-state index contributed by atoms with van der Waals surface area (Å²) in [5.41, 5.74) is 3.74. The Morgan fingerprint density at radius 2 is 1.86 bits per heavy atom. The van der Waals surface area contributed by atoms with E-state index in [4.69, 9.17) is 5.73 Å². The summed E-state index contributed by atoms with van der Waals surface area (Å²) in [6, 6.07) is 4.09. The number of alkyl halides is 3. The molecule has 0 spiro atoms. The van der Waals surface area contributed by atoms with E-state index in [9.17, 15) is 22.8 Å². The number of halogens is 4. The SMILES string of the molecule is C[C@@H](CN)NC(=O)CNC(=O)c1ccccc1C(F)(F)F.Cl. The van der Waals surface area contributed by atoms with Gasteiger partial charge in [0.1, 0.15) is 0 Å². The Morgan fingerprint density at radius 1 is 1.27 bits per heavy atom. The lowest BCUT2D eigenvalue weighted by Crippen LogP contribution is -2.43. The average molecular weight is 340 g/mol. The van der Waals surface area contributed by atoms with Gasteiger partial charge in [-0.15, -0.1) is 12.4 Å². The minimum absolute atomic E-state index is 0. The van der Waals surface area contributed by atoms with E-state index in [1.807, 2.05) is 0 Å². The van der Waals surface area contributed by atoms with Crippen LogP contribution in [0.4, 0.5) is 13.2 Å². The third kappa shape index (κ3) is 5.90. The van der Waals surface area contributed by atoms with E-state index >= 15 is 0 Å². The molecule has 0 saturated heterocycles. The number of carbonyl (C=O) groups excluding carboxylic acids is 2. The van der Waals surface area contributed by atoms with E-state index in [0.29, 0.717) is 0 Å². The van der Waals surface area contributed by atoms with Gasteiger partial charge >= 0.3 is 6.18 Å². The Morgan fingerprint density at radius 3 is 2.41 bits per heavy atom. The summed E-state index contributed by atoms with van der Waals surface area (Å²) in [6.07, 6.45) is -4.63. The maximum atomic E-state index is 12.8. The molecule has 0 heterocycles. The van der Waals surface area contributed by atoms with Gasteiger partial charge in [0.2, 0.25) is 5.91 Å². The van der Waals surface area contributed by atoms with Crippen molar-refractivity contribution in [3.05, 3.63) is 35.4 Å². The Labute approximate surface area is 131 Å². The van der Waals surface area contributed by atoms with Crippen LogP contribution in [0.2, 0.25) is 0 Å². The van der Waals surface area contributed by atoms with E-state index < -0.39 is 35.7 Å². The monoisotopic (exact) mass is 339 g/mol. The van der Waals surface area contributed by atoms with E-state index in [-0.39, 0.29) is 25.0 Å². The molecule has 0 aliphatic heterocycles. The fraction of sp³-hybridized carbons (Fsp3) is 0.385. The second-order valence-corrected chi connectivity index (χ2v) is 4.43. The Hall–Kier alpha value is -1.80. The van der Waals surface area contributed by atoms with Crippen molar-refractivity contribution in [3.8, 4) is 0 Å². The quantitative estimate of drug-likeness (QED) is 0.756. The summed E-state index contributed by atoms with van der Waals surface area (Å²) < 4.78 is 38.3. The number of amides is 2. The van der Waals surface area contributed by atoms with Crippen molar-refractivity contribution in [2.45, 2.75) is 19.1 Å². The third-order valence-electron chi connectivity index (χ3n) is 2.65. The minimum Gasteiger partial charge on any atom is -0.351 e. The average Bonchev–Trinajstić information content (AvgIpc) is 2.43. The van der Waals surface area contributed by atoms with Crippen molar-refractivity contribution < 1.29 is 22.8 Å². The highest BCUT2D eigenvalue weighted by atomic mass is 35.5. The zero-order valence-electron chi connectivity index (χ0n) is 11.7. The maximum Gasteiger partial charge on any atom is 0.417 e. The van der Waals surface area contributed by atoms with Crippen LogP contribution >= 0.6 is 12.4 Å². The number of nitrogens with one attached hydrogen (secondary N) is 2. The van der Waals surface area contributed by atoms with Crippen LogP contribution in [0.15, 0.2) is 24.3 Å². The van der Waals surface area contributed by atoms with Crippen LogP contribution in [0.3, 0.4) is 0 Å². The van der Waals surface area contributed by atoms with Crippen LogP contribution in [0, 0.1) is 0 Å². The van der Waals surface area contributed by atoms with Crippen molar-refractivity contribution >= 4 is 24.2 Å². The molecule has 5 nitrogen and oxygen atoms in total. The molecule has 1 rings (SSSR count). The fourth-order valence-corrected chi connectivity index (χ4v) is 1.57. The molecule has 0 aromatic heterocycles. The summed E-state index contributed by atoms with van der Waals surface area (Å²) in [5, 5.41) is 4.63. The fourth-order valence-electron chi connectivity index (χ4n) is 1.57. The number of carbonyl (C=O) groups is 2. The van der Waals surface area contributed by atoms with Gasteiger partial charge in [-0.1, -0.05) is 12.1 Å². The van der Waals surface area contributed by atoms with Crippen molar-refractivity contribution in [2.24, 2.45) is 5.73 Å². The predicted molar refractivity (Wildman–Crippen MR) is 77.7 cm³/mol. The first-order chi connectivity index (χ1) is 9.75. The molecule has 1 atom stereocenters. The molecule has 4 N–H and O–H groups in total. The molecule has 0 fully saturated rings. The van der Waals surface area contributed by atoms with Gasteiger partial charge in [-0.25, -0.2) is 0 Å². The Kier molecular flexibility index (Phi) is 7.89. The number of nitrogens with two attached hydrogens (primary N) is 1. The molecule has 0 bridgehead atoms. The van der Waals surface area contributed by atoms with E-state index in [0.717, 1.165) is 12.1 Å². The lowest BCUT2D eigenvalue weighted by Gasteiger charge is -2.14. The minimum atomic E-state index is -4.63. The number of rotatable bonds is 5. The Bertz CT molecular complexity index is 523. The van der Waals surface area contributed by atoms with Crippen LogP contribution in [-0.2, 0) is 11.0 Å². The van der Waals surface area contributed by atoms with Crippen LogP contribution < -0.4 is 16.4 Å². The molecule has 0 aliphatic rings. The molecule has 124 valence electrons. The van der Waals surface area contributed by atoms with Crippen LogP contribution in [-0.4, -0.2) is 30.9 Å². The first-order valence-electron chi connectivity index (χ1n) is 6.19. The van der Waals surface area contributed by atoms with Gasteiger partial charge in [-0.05, 0) is 19.1 Å². The molecule has 22 heavy (non-hydrogen) atoms. The zero-order chi connectivity index (χ0) is 16.0. The molecule has 2 amide bonds. The van der Waals surface area contributed by atoms with E-state index in [2.05, 4.69) is 10.6 Å². The second-order valence-electron chi connectivity index (χ2n) is 4.43. The molecule has 0 radical (unpaired) electrons. The second kappa shape index (κ2) is 8.60. The lowest BCUT2D eigenvalue weighted by molar-refractivity contribution is -0.137. The van der Waals surface area contributed by atoms with Gasteiger partial charge in [0.15, 0.2) is 0 Å². The smallest absolute Gasteiger partial charge is 0.351 e. The lowest BCUT2D eigenvalue weighted by atomic mass is 10.1.